The van der Waals surface area contributed by atoms with Gasteiger partial charge in [0.05, 0.1) is 11.1 Å². The molecule has 0 aliphatic heterocycles. The maximum Gasteiger partial charge on any atom is 0.337 e. The molecule has 90 valence electrons. The van der Waals surface area contributed by atoms with Crippen molar-refractivity contribution in [1.29, 1.82) is 0 Å². The van der Waals surface area contributed by atoms with Gasteiger partial charge in [0.2, 0.25) is 0 Å². The molecule has 1 heterocycles. The highest BCUT2D eigenvalue weighted by Gasteiger charge is 2.21. The molecule has 1 aromatic heterocycles. The zero-order valence-corrected chi connectivity index (χ0v) is 10.5. The van der Waals surface area contributed by atoms with Crippen LogP contribution in [-0.4, -0.2) is 21.0 Å². The van der Waals surface area contributed by atoms with E-state index in [9.17, 15) is 4.79 Å². The first-order valence-electron chi connectivity index (χ1n) is 5.53. The third kappa shape index (κ3) is 2.02. The highest BCUT2D eigenvalue weighted by Crippen LogP contribution is 2.25. The Labute approximate surface area is 99.7 Å². The molecule has 0 unspecified atom stereocenters. The van der Waals surface area contributed by atoms with Gasteiger partial charge in [0, 0.05) is 5.41 Å². The summed E-state index contributed by atoms with van der Waals surface area (Å²) in [6, 6.07) is 3.57. The molecule has 0 bridgehead atoms. The Balaban J connectivity index is 2.76. The van der Waals surface area contributed by atoms with Crippen LogP contribution in [0.1, 0.15) is 42.5 Å². The van der Waals surface area contributed by atoms with Crippen molar-refractivity contribution < 1.29 is 9.90 Å². The van der Waals surface area contributed by atoms with E-state index in [2.05, 4.69) is 9.97 Å². The number of aryl methyl sites for hydroxylation is 1. The summed E-state index contributed by atoms with van der Waals surface area (Å²) in [5.74, 6) is -0.133. The maximum atomic E-state index is 11.2. The molecule has 4 nitrogen and oxygen atoms in total. The number of hydrogen-bond acceptors (Lipinski definition) is 2. The van der Waals surface area contributed by atoms with Gasteiger partial charge in [0.25, 0.3) is 0 Å². The number of hydrogen-bond donors (Lipinski definition) is 2. The molecule has 0 aliphatic rings. The number of aromatic carboxylic acids is 1. The first kappa shape index (κ1) is 11.6. The lowest BCUT2D eigenvalue weighted by atomic mass is 9.96. The molecule has 0 amide bonds. The largest absolute Gasteiger partial charge is 0.478 e. The van der Waals surface area contributed by atoms with Crippen LogP contribution in [0.2, 0.25) is 0 Å². The van der Waals surface area contributed by atoms with Crippen molar-refractivity contribution in [3.05, 3.63) is 29.1 Å². The van der Waals surface area contributed by atoms with Crippen molar-refractivity contribution in [3.8, 4) is 0 Å². The van der Waals surface area contributed by atoms with Crippen LogP contribution in [0.15, 0.2) is 12.1 Å². The molecule has 0 atom stereocenters. The SMILES string of the molecule is Cc1cc(C(=O)O)c2nc(C(C)(C)C)[nH]c2c1. The van der Waals surface area contributed by atoms with Crippen LogP contribution in [0.25, 0.3) is 11.0 Å². The minimum atomic E-state index is -0.939. The van der Waals surface area contributed by atoms with Gasteiger partial charge in [0.1, 0.15) is 11.3 Å². The van der Waals surface area contributed by atoms with Gasteiger partial charge in [-0.2, -0.15) is 0 Å². The fourth-order valence-corrected chi connectivity index (χ4v) is 1.78. The minimum absolute atomic E-state index is 0.122. The first-order valence-corrected chi connectivity index (χ1v) is 5.53. The number of aromatic nitrogens is 2. The highest BCUT2D eigenvalue weighted by atomic mass is 16.4. The summed E-state index contributed by atoms with van der Waals surface area (Å²) in [5, 5.41) is 9.17. The first-order chi connectivity index (χ1) is 7.79. The summed E-state index contributed by atoms with van der Waals surface area (Å²) in [6.07, 6.45) is 0. The average molecular weight is 232 g/mol. The van der Waals surface area contributed by atoms with Crippen LogP contribution in [0.3, 0.4) is 0 Å². The van der Waals surface area contributed by atoms with Crippen LogP contribution in [0.4, 0.5) is 0 Å². The third-order valence-electron chi connectivity index (χ3n) is 2.67. The summed E-state index contributed by atoms with van der Waals surface area (Å²) in [6.45, 7) is 8.00. The Hall–Kier alpha value is -1.84. The maximum absolute atomic E-state index is 11.2. The van der Waals surface area contributed by atoms with Gasteiger partial charge >= 0.3 is 5.97 Å². The number of carboxylic acid groups (broad SMARTS) is 1. The lowest BCUT2D eigenvalue weighted by Crippen LogP contribution is -2.13. The molecule has 2 rings (SSSR count). The predicted molar refractivity (Wildman–Crippen MR) is 66.5 cm³/mol. The summed E-state index contributed by atoms with van der Waals surface area (Å²) in [4.78, 5) is 18.8. The van der Waals surface area contributed by atoms with Crippen LogP contribution >= 0.6 is 0 Å². The van der Waals surface area contributed by atoms with Crippen LogP contribution < -0.4 is 0 Å². The number of rotatable bonds is 1. The van der Waals surface area contributed by atoms with E-state index >= 15 is 0 Å². The van der Waals surface area contributed by atoms with Gasteiger partial charge in [-0.25, -0.2) is 9.78 Å². The number of fused-ring (bicyclic) bond motifs is 1. The Bertz CT molecular complexity index is 591. The molecule has 1 aromatic carbocycles. The Morgan fingerprint density at radius 2 is 2.00 bits per heavy atom. The molecule has 4 heteroatoms. The second-order valence-electron chi connectivity index (χ2n) is 5.35. The Morgan fingerprint density at radius 1 is 1.35 bits per heavy atom. The standard InChI is InChI=1S/C13H16N2O2/c1-7-5-8(11(16)17)10-9(6-7)14-12(15-10)13(2,3)4/h5-6H,1-4H3,(H,14,15)(H,16,17). The number of nitrogens with zero attached hydrogens (tertiary/aromatic N) is 1. The molecule has 0 aliphatic carbocycles. The topological polar surface area (TPSA) is 66.0 Å². The number of nitrogens with one attached hydrogen (secondary N) is 1. The predicted octanol–water partition coefficient (Wildman–Crippen LogP) is 2.87. The van der Waals surface area contributed by atoms with E-state index in [0.29, 0.717) is 5.52 Å². The lowest BCUT2D eigenvalue weighted by Gasteiger charge is -2.13. The fraction of sp³-hybridized carbons (Fsp3) is 0.385. The normalized spacial score (nSPS) is 12.0. The zero-order valence-electron chi connectivity index (χ0n) is 10.5. The van der Waals surface area contributed by atoms with E-state index in [4.69, 9.17) is 5.11 Å². The number of aromatic amines is 1. The van der Waals surface area contributed by atoms with Crippen molar-refractivity contribution in [2.24, 2.45) is 0 Å². The van der Waals surface area contributed by atoms with Crippen molar-refractivity contribution in [2.45, 2.75) is 33.1 Å². The van der Waals surface area contributed by atoms with Gasteiger partial charge in [-0.1, -0.05) is 20.8 Å². The van der Waals surface area contributed by atoms with E-state index in [1.54, 1.807) is 6.07 Å². The molecular formula is C13H16N2O2. The summed E-state index contributed by atoms with van der Waals surface area (Å²) in [5.41, 5.74) is 2.37. The van der Waals surface area contributed by atoms with Crippen LogP contribution in [-0.2, 0) is 5.41 Å². The van der Waals surface area contributed by atoms with Gasteiger partial charge in [-0.15, -0.1) is 0 Å². The van der Waals surface area contributed by atoms with E-state index < -0.39 is 5.97 Å². The zero-order chi connectivity index (χ0) is 12.8. The van der Waals surface area contributed by atoms with Crippen LogP contribution in [0, 0.1) is 6.92 Å². The molecule has 0 saturated carbocycles. The summed E-state index contributed by atoms with van der Waals surface area (Å²) < 4.78 is 0. The van der Waals surface area contributed by atoms with E-state index in [1.807, 2.05) is 33.8 Å². The monoisotopic (exact) mass is 232 g/mol. The highest BCUT2D eigenvalue weighted by molar-refractivity contribution is 6.01. The quantitative estimate of drug-likeness (QED) is 0.794. The molecule has 0 spiro atoms. The van der Waals surface area contributed by atoms with E-state index in [-0.39, 0.29) is 11.0 Å². The fourth-order valence-electron chi connectivity index (χ4n) is 1.78. The number of H-pyrrole nitrogens is 1. The number of carbonyl (C=O) groups is 1. The molecule has 0 saturated heterocycles. The van der Waals surface area contributed by atoms with Gasteiger partial charge in [-0.3, -0.25) is 0 Å². The minimum Gasteiger partial charge on any atom is -0.478 e. The molecule has 17 heavy (non-hydrogen) atoms. The second kappa shape index (κ2) is 3.58. The molecular weight excluding hydrogens is 216 g/mol. The second-order valence-corrected chi connectivity index (χ2v) is 5.35. The van der Waals surface area contributed by atoms with Crippen molar-refractivity contribution in [3.63, 3.8) is 0 Å². The Kier molecular flexibility index (Phi) is 2.45. The lowest BCUT2D eigenvalue weighted by molar-refractivity contribution is 0.0698. The summed E-state index contributed by atoms with van der Waals surface area (Å²) in [7, 11) is 0. The van der Waals surface area contributed by atoms with Crippen molar-refractivity contribution in [2.75, 3.05) is 0 Å². The third-order valence-corrected chi connectivity index (χ3v) is 2.67. The number of benzene rings is 1. The number of imidazole rings is 1. The molecule has 0 radical (unpaired) electrons. The van der Waals surface area contributed by atoms with Gasteiger partial charge < -0.3 is 10.1 Å². The number of carboxylic acids is 1. The average Bonchev–Trinajstić information content (AvgIpc) is 2.58. The molecule has 2 N–H and O–H groups in total. The van der Waals surface area contributed by atoms with E-state index in [0.717, 1.165) is 16.9 Å². The van der Waals surface area contributed by atoms with Crippen LogP contribution in [0.5, 0.6) is 0 Å². The van der Waals surface area contributed by atoms with Crippen molar-refractivity contribution >= 4 is 17.0 Å². The van der Waals surface area contributed by atoms with Crippen molar-refractivity contribution in [1.82, 2.24) is 9.97 Å². The van der Waals surface area contributed by atoms with Gasteiger partial charge in [0.15, 0.2) is 0 Å². The molecule has 2 aromatic rings. The van der Waals surface area contributed by atoms with Gasteiger partial charge in [-0.05, 0) is 24.6 Å². The summed E-state index contributed by atoms with van der Waals surface area (Å²) >= 11 is 0. The smallest absolute Gasteiger partial charge is 0.337 e. The van der Waals surface area contributed by atoms with E-state index in [1.165, 1.54) is 0 Å². The molecule has 0 fully saturated rings. The Morgan fingerprint density at radius 3 is 2.53 bits per heavy atom.